The first-order valence-electron chi connectivity index (χ1n) is 8.84. The number of piperazine rings is 6. The van der Waals surface area contributed by atoms with Gasteiger partial charge in [0.05, 0.1) is 39.3 Å². The van der Waals surface area contributed by atoms with E-state index in [1.807, 2.05) is 0 Å². The van der Waals surface area contributed by atoms with Gasteiger partial charge in [-0.2, -0.15) is 0 Å². The molecule has 7 rings (SSSR count). The Morgan fingerprint density at radius 2 is 1.22 bits per heavy atom. The number of nitrogens with one attached hydrogen (secondary N) is 1. The van der Waals surface area contributed by atoms with Gasteiger partial charge in [0.15, 0.2) is 0 Å². The molecule has 0 atom stereocenters. The van der Waals surface area contributed by atoms with Crippen molar-refractivity contribution < 1.29 is 0 Å². The zero-order valence-electron chi connectivity index (χ0n) is 13.6. The molecular formula is C15H25N7O+2. The molecule has 6 fully saturated rings. The van der Waals surface area contributed by atoms with Gasteiger partial charge in [0, 0.05) is 39.3 Å². The van der Waals surface area contributed by atoms with E-state index >= 15 is 0 Å². The van der Waals surface area contributed by atoms with E-state index < -0.39 is 0 Å². The Balaban J connectivity index is 1.56. The molecule has 0 unspecified atom stereocenters. The van der Waals surface area contributed by atoms with Crippen LogP contribution in [0.15, 0.2) is 4.79 Å². The molecule has 124 valence electrons. The topological polar surface area (TPSA) is 65.1 Å². The summed E-state index contributed by atoms with van der Waals surface area (Å²) in [5, 5.41) is 0. The normalized spacial score (nSPS) is 42.1. The molecule has 0 aliphatic carbocycles. The number of aromatic nitrogens is 3. The lowest BCUT2D eigenvalue weighted by Gasteiger charge is -2.49. The molecule has 23 heavy (non-hydrogen) atoms. The van der Waals surface area contributed by atoms with Gasteiger partial charge < -0.3 is 0 Å². The molecule has 6 aliphatic rings. The highest BCUT2D eigenvalue weighted by atomic mass is 16.1. The molecule has 1 aromatic rings. The number of nitrogens with zero attached hydrogens (tertiary/aromatic N) is 6. The summed E-state index contributed by atoms with van der Waals surface area (Å²) in [5.74, 6) is 1.63. The number of quaternary nitrogens is 2. The molecule has 6 saturated heterocycles. The van der Waals surface area contributed by atoms with Gasteiger partial charge in [-0.25, -0.2) is 9.78 Å². The molecule has 8 heteroatoms. The highest BCUT2D eigenvalue weighted by Gasteiger charge is 2.46. The molecule has 0 aromatic carbocycles. The summed E-state index contributed by atoms with van der Waals surface area (Å²) >= 11 is 0. The highest BCUT2D eigenvalue weighted by Crippen LogP contribution is 2.29. The fourth-order valence-corrected chi connectivity index (χ4v) is 4.76. The lowest BCUT2D eigenvalue weighted by Crippen LogP contribution is -2.70. The summed E-state index contributed by atoms with van der Waals surface area (Å²) in [6.45, 7) is 12.9. The molecule has 0 amide bonds. The zero-order chi connectivity index (χ0) is 15.5. The first-order valence-corrected chi connectivity index (χ1v) is 8.84. The number of hydrogen-bond donors (Lipinski definition) is 1. The molecule has 0 saturated carbocycles. The highest BCUT2D eigenvalue weighted by molar-refractivity contribution is 5.36. The third kappa shape index (κ3) is 2.09. The van der Waals surface area contributed by atoms with Crippen LogP contribution in [0.25, 0.3) is 0 Å². The second-order valence-electron chi connectivity index (χ2n) is 7.59. The second kappa shape index (κ2) is 4.83. The van der Waals surface area contributed by atoms with E-state index in [1.54, 1.807) is 0 Å². The number of fused-ring (bicyclic) bond motifs is 6. The van der Waals surface area contributed by atoms with E-state index in [0.717, 1.165) is 99.4 Å². The Morgan fingerprint density at radius 1 is 0.739 bits per heavy atom. The van der Waals surface area contributed by atoms with E-state index in [0.29, 0.717) is 0 Å². The second-order valence-corrected chi connectivity index (χ2v) is 7.59. The summed E-state index contributed by atoms with van der Waals surface area (Å²) in [5.41, 5.74) is -0.217. The first-order chi connectivity index (χ1) is 11.2. The van der Waals surface area contributed by atoms with E-state index in [-0.39, 0.29) is 5.69 Å². The van der Waals surface area contributed by atoms with Crippen molar-refractivity contribution in [3.8, 4) is 0 Å². The van der Waals surface area contributed by atoms with Crippen molar-refractivity contribution in [2.24, 2.45) is 0 Å². The Kier molecular flexibility index (Phi) is 2.94. The van der Waals surface area contributed by atoms with Gasteiger partial charge in [0.25, 0.3) is 0 Å². The molecule has 0 spiro atoms. The molecule has 6 aliphatic heterocycles. The van der Waals surface area contributed by atoms with Gasteiger partial charge in [-0.15, -0.1) is 9.97 Å². The molecule has 0 radical (unpaired) electrons. The van der Waals surface area contributed by atoms with Crippen molar-refractivity contribution in [3.05, 3.63) is 10.5 Å². The van der Waals surface area contributed by atoms with Crippen molar-refractivity contribution in [1.29, 1.82) is 0 Å². The van der Waals surface area contributed by atoms with Crippen LogP contribution >= 0.6 is 0 Å². The molecule has 1 aromatic heterocycles. The minimum Gasteiger partial charge on any atom is -0.287 e. The average molecular weight is 319 g/mol. The maximum Gasteiger partial charge on any atom is 0.357 e. The Morgan fingerprint density at radius 3 is 1.74 bits per heavy atom. The third-order valence-corrected chi connectivity index (χ3v) is 6.57. The molecule has 8 nitrogen and oxygen atoms in total. The van der Waals surface area contributed by atoms with E-state index in [4.69, 9.17) is 4.98 Å². The fourth-order valence-electron chi connectivity index (χ4n) is 4.76. The summed E-state index contributed by atoms with van der Waals surface area (Å²) in [6.07, 6.45) is 0. The largest absolute Gasteiger partial charge is 0.357 e. The van der Waals surface area contributed by atoms with Gasteiger partial charge >= 0.3 is 17.6 Å². The van der Waals surface area contributed by atoms with Gasteiger partial charge in [0.2, 0.25) is 0 Å². The van der Waals surface area contributed by atoms with Crippen LogP contribution in [0.2, 0.25) is 0 Å². The standard InChI is InChI=1S/C15H24N7O/c23-15-17-13(21-7-1-19(2-8-21)3-9-21)16-14(18-15)22-10-4-20(5-11-22)6-12-22/h1-12H2/q+1/p+1. The number of rotatable bonds is 2. The summed E-state index contributed by atoms with van der Waals surface area (Å²) < 4.78 is 1.65. The lowest BCUT2D eigenvalue weighted by molar-refractivity contribution is 0.0552. The zero-order valence-corrected chi connectivity index (χ0v) is 13.6. The van der Waals surface area contributed by atoms with Crippen LogP contribution in [0.5, 0.6) is 0 Å². The van der Waals surface area contributed by atoms with Gasteiger partial charge in [-0.3, -0.25) is 18.8 Å². The van der Waals surface area contributed by atoms with Crippen molar-refractivity contribution in [3.63, 3.8) is 0 Å². The predicted octanol–water partition coefficient (Wildman–Crippen LogP) is -1.56. The maximum absolute atomic E-state index is 12.3. The van der Waals surface area contributed by atoms with Crippen LogP contribution in [0.3, 0.4) is 0 Å². The molecular weight excluding hydrogens is 294 g/mol. The van der Waals surface area contributed by atoms with Crippen LogP contribution in [-0.4, -0.2) is 103 Å². The monoisotopic (exact) mass is 319 g/mol. The lowest BCUT2D eigenvalue weighted by atomic mass is 10.1. The number of aromatic amines is 1. The van der Waals surface area contributed by atoms with Crippen LogP contribution in [-0.2, 0) is 0 Å². The van der Waals surface area contributed by atoms with Crippen LogP contribution < -0.4 is 14.7 Å². The Labute approximate surface area is 135 Å². The Bertz CT molecular complexity index is 590. The van der Waals surface area contributed by atoms with Crippen molar-refractivity contribution in [2.45, 2.75) is 0 Å². The first kappa shape index (κ1) is 14.0. The Hall–Kier alpha value is -1.35. The SMILES string of the molecule is O=c1nc([N+]23CCN(CC2)CC3)nc([N+]23CCN(CC2)CC3)[nH]1. The van der Waals surface area contributed by atoms with Crippen LogP contribution in [0, 0.1) is 0 Å². The van der Waals surface area contributed by atoms with Crippen molar-refractivity contribution in [2.75, 3.05) is 78.5 Å². The smallest absolute Gasteiger partial charge is 0.287 e. The average Bonchev–Trinajstić information content (AvgIpc) is 2.64. The van der Waals surface area contributed by atoms with E-state index in [1.165, 1.54) is 0 Å². The summed E-state index contributed by atoms with van der Waals surface area (Å²) in [4.78, 5) is 29.5. The van der Waals surface area contributed by atoms with Crippen LogP contribution in [0.1, 0.15) is 0 Å². The van der Waals surface area contributed by atoms with Crippen molar-refractivity contribution in [1.82, 2.24) is 33.7 Å². The fraction of sp³-hybridized carbons (Fsp3) is 0.800. The number of hydrogen-bond acceptors (Lipinski definition) is 5. The molecule has 1 N–H and O–H groups in total. The summed E-state index contributed by atoms with van der Waals surface area (Å²) in [7, 11) is 0. The minimum absolute atomic E-state index is 0.217. The van der Waals surface area contributed by atoms with Gasteiger partial charge in [0.1, 0.15) is 0 Å². The van der Waals surface area contributed by atoms with E-state index in [9.17, 15) is 4.79 Å². The minimum atomic E-state index is -0.217. The van der Waals surface area contributed by atoms with E-state index in [2.05, 4.69) is 19.8 Å². The van der Waals surface area contributed by atoms with Gasteiger partial charge in [-0.1, -0.05) is 0 Å². The van der Waals surface area contributed by atoms with Crippen LogP contribution in [0.4, 0.5) is 11.9 Å². The van der Waals surface area contributed by atoms with Crippen molar-refractivity contribution >= 4 is 11.9 Å². The third-order valence-electron chi connectivity index (χ3n) is 6.57. The quantitative estimate of drug-likeness (QED) is 0.668. The molecule has 4 bridgehead atoms. The van der Waals surface area contributed by atoms with Gasteiger partial charge in [-0.05, 0) is 0 Å². The predicted molar refractivity (Wildman–Crippen MR) is 88.3 cm³/mol. The summed E-state index contributed by atoms with van der Waals surface area (Å²) in [6, 6.07) is 0. The number of H-pyrrole nitrogens is 1. The molecule has 7 heterocycles. The maximum atomic E-state index is 12.3.